The quantitative estimate of drug-likeness (QED) is 0.320. The summed E-state index contributed by atoms with van der Waals surface area (Å²) in [5.74, 6) is -2.63. The average molecular weight is 562 g/mol. The summed E-state index contributed by atoms with van der Waals surface area (Å²) >= 11 is 1.83. The van der Waals surface area contributed by atoms with E-state index in [0.717, 1.165) is 68.0 Å². The van der Waals surface area contributed by atoms with E-state index in [0.29, 0.717) is 24.8 Å². The number of rotatable bonds is 9. The molecule has 11 heteroatoms. The molecule has 0 saturated carbocycles. The van der Waals surface area contributed by atoms with Crippen molar-refractivity contribution in [1.82, 2.24) is 9.80 Å². The Morgan fingerprint density at radius 1 is 1.10 bits per heavy atom. The van der Waals surface area contributed by atoms with Gasteiger partial charge in [-0.15, -0.1) is 0 Å². The number of ether oxygens (including phenoxy) is 1. The summed E-state index contributed by atoms with van der Waals surface area (Å²) in [5.41, 5.74) is 2.41. The molecule has 2 aliphatic heterocycles. The molecule has 210 valence electrons. The molecule has 4 rings (SSSR count). The highest BCUT2D eigenvalue weighted by Crippen LogP contribution is 2.33. The van der Waals surface area contributed by atoms with Gasteiger partial charge in [0.15, 0.2) is 16.7 Å². The minimum absolute atomic E-state index is 0.122. The first-order valence-corrected chi connectivity index (χ1v) is 13.7. The topological polar surface area (TPSA) is 103 Å². The van der Waals surface area contributed by atoms with Gasteiger partial charge in [0.25, 0.3) is 0 Å². The van der Waals surface area contributed by atoms with Crippen molar-refractivity contribution < 1.29 is 33.3 Å². The highest BCUT2D eigenvalue weighted by Gasteiger charge is 2.26. The minimum atomic E-state index is -1.26. The van der Waals surface area contributed by atoms with Crippen molar-refractivity contribution in [2.24, 2.45) is 4.99 Å². The van der Waals surface area contributed by atoms with Crippen molar-refractivity contribution in [1.29, 1.82) is 0 Å². The van der Waals surface area contributed by atoms with Crippen molar-refractivity contribution in [2.75, 3.05) is 33.3 Å². The molecule has 8 nitrogen and oxygen atoms in total. The zero-order chi connectivity index (χ0) is 28.2. The maximum atomic E-state index is 13.6. The second-order valence-electron chi connectivity index (χ2n) is 9.14. The summed E-state index contributed by atoms with van der Waals surface area (Å²) in [6, 6.07) is 12.3. The lowest BCUT2D eigenvalue weighted by Gasteiger charge is -2.38. The molecule has 2 aliphatic rings. The number of hydrogen-bond donors (Lipinski definition) is 2. The molecular weight excluding hydrogens is 528 g/mol. The molecule has 0 bridgehead atoms. The van der Waals surface area contributed by atoms with Crippen LogP contribution in [0.4, 0.5) is 14.5 Å². The van der Waals surface area contributed by atoms with E-state index in [-0.39, 0.29) is 5.75 Å². The number of carbonyl (C=O) groups is 2. The molecule has 1 saturated heterocycles. The number of halogens is 2. The number of para-hydroxylation sites is 1. The average Bonchev–Trinajstić information content (AvgIpc) is 2.93. The van der Waals surface area contributed by atoms with E-state index >= 15 is 0 Å². The van der Waals surface area contributed by atoms with Crippen LogP contribution in [-0.4, -0.2) is 76.4 Å². The predicted molar refractivity (Wildman–Crippen MR) is 148 cm³/mol. The van der Waals surface area contributed by atoms with Gasteiger partial charge >= 0.3 is 11.9 Å². The number of amidine groups is 1. The third kappa shape index (κ3) is 9.99. The van der Waals surface area contributed by atoms with Crippen LogP contribution < -0.4 is 4.74 Å². The molecule has 2 heterocycles. The van der Waals surface area contributed by atoms with Crippen molar-refractivity contribution in [2.45, 2.75) is 37.5 Å². The zero-order valence-electron chi connectivity index (χ0n) is 21.8. The van der Waals surface area contributed by atoms with Crippen molar-refractivity contribution in [3.63, 3.8) is 0 Å². The number of thioether (sulfide) groups is 1. The largest absolute Gasteiger partial charge is 0.491 e. The Labute approximate surface area is 231 Å². The molecular formula is C28H33F2N3O5S. The van der Waals surface area contributed by atoms with Gasteiger partial charge in [-0.25, -0.2) is 23.4 Å². The Kier molecular flexibility index (Phi) is 11.8. The second kappa shape index (κ2) is 15.2. The second-order valence-corrected chi connectivity index (χ2v) is 10.1. The fourth-order valence-corrected chi connectivity index (χ4v) is 5.29. The van der Waals surface area contributed by atoms with Gasteiger partial charge in [0, 0.05) is 50.2 Å². The number of nitrogens with zero attached hydrogens (tertiary/aromatic N) is 3. The number of fused-ring (bicyclic) bond motifs is 1. The molecule has 0 radical (unpaired) electrons. The highest BCUT2D eigenvalue weighted by molar-refractivity contribution is 8.13. The van der Waals surface area contributed by atoms with Crippen molar-refractivity contribution >= 4 is 34.6 Å². The first-order chi connectivity index (χ1) is 18.7. The van der Waals surface area contributed by atoms with Crippen LogP contribution in [0.1, 0.15) is 31.2 Å². The summed E-state index contributed by atoms with van der Waals surface area (Å²) in [6.07, 6.45) is 5.24. The van der Waals surface area contributed by atoms with Crippen LogP contribution in [0.3, 0.4) is 0 Å². The van der Waals surface area contributed by atoms with Gasteiger partial charge < -0.3 is 24.7 Å². The molecule has 0 aliphatic carbocycles. The number of likely N-dealkylation sites (tertiary alicyclic amines) is 1. The smallest absolute Gasteiger partial charge is 0.328 e. The zero-order valence-corrected chi connectivity index (χ0v) is 22.6. The van der Waals surface area contributed by atoms with Crippen LogP contribution >= 0.6 is 11.8 Å². The molecule has 2 aromatic rings. The SMILES string of the molecule is CN(C1=Nc2ccccc2CS1)C1CCN(CCCCOc2ccc(F)cc2F)CC1.O=C(O)C=CC(=O)O. The van der Waals surface area contributed by atoms with Gasteiger partial charge in [-0.2, -0.15) is 0 Å². The lowest BCUT2D eigenvalue weighted by molar-refractivity contribution is -0.134. The van der Waals surface area contributed by atoms with E-state index in [1.807, 2.05) is 11.8 Å². The van der Waals surface area contributed by atoms with Gasteiger partial charge in [-0.3, -0.25) is 0 Å². The van der Waals surface area contributed by atoms with Crippen LogP contribution in [0.5, 0.6) is 5.75 Å². The third-order valence-electron chi connectivity index (χ3n) is 6.36. The van der Waals surface area contributed by atoms with Gasteiger partial charge in [0.1, 0.15) is 5.82 Å². The molecule has 1 fully saturated rings. The van der Waals surface area contributed by atoms with E-state index in [1.54, 1.807) is 0 Å². The third-order valence-corrected chi connectivity index (χ3v) is 7.45. The number of benzene rings is 2. The van der Waals surface area contributed by atoms with Crippen LogP contribution in [0.2, 0.25) is 0 Å². The fraction of sp³-hybridized carbons (Fsp3) is 0.393. The predicted octanol–water partition coefficient (Wildman–Crippen LogP) is 5.17. The summed E-state index contributed by atoms with van der Waals surface area (Å²) in [6.45, 7) is 3.63. The number of aliphatic carboxylic acids is 2. The number of unbranched alkanes of at least 4 members (excludes halogenated alkanes) is 1. The maximum absolute atomic E-state index is 13.6. The lowest BCUT2D eigenvalue weighted by Crippen LogP contribution is -2.45. The Morgan fingerprint density at radius 3 is 2.46 bits per heavy atom. The molecule has 0 unspecified atom stereocenters. The molecule has 0 aromatic heterocycles. The summed E-state index contributed by atoms with van der Waals surface area (Å²) in [7, 11) is 2.17. The number of hydrogen-bond acceptors (Lipinski definition) is 7. The van der Waals surface area contributed by atoms with Crippen molar-refractivity contribution in [3.05, 3.63) is 71.8 Å². The standard InChI is InChI=1S/C24H29F2N3OS.C4H4O4/c1-28(24-27-22-7-3-2-6-18(22)17-31-24)20-10-13-29(14-11-20)12-4-5-15-30-23-9-8-19(25)16-21(23)26;5-3(6)1-2-4(7)8/h2-3,6-9,16,20H,4-5,10-15,17H2,1H3;1-2H,(H,5,6)(H,7,8). The molecule has 0 atom stereocenters. The van der Waals surface area contributed by atoms with Crippen molar-refractivity contribution in [3.8, 4) is 5.75 Å². The van der Waals surface area contributed by atoms with Gasteiger partial charge in [0.2, 0.25) is 0 Å². The van der Waals surface area contributed by atoms with Crippen LogP contribution in [0, 0.1) is 11.6 Å². The first kappa shape index (κ1) is 30.1. The summed E-state index contributed by atoms with van der Waals surface area (Å²) in [5, 5.41) is 16.8. The number of carboxylic acid groups (broad SMARTS) is 2. The number of carboxylic acids is 2. The Hall–Kier alpha value is -3.44. The fourth-order valence-electron chi connectivity index (χ4n) is 4.24. The summed E-state index contributed by atoms with van der Waals surface area (Å²) < 4.78 is 31.9. The molecule has 2 aromatic carbocycles. The Balaban J connectivity index is 0.000000459. The van der Waals surface area contributed by atoms with Gasteiger partial charge in [-0.1, -0.05) is 30.0 Å². The van der Waals surface area contributed by atoms with E-state index < -0.39 is 23.6 Å². The maximum Gasteiger partial charge on any atom is 0.328 e. The van der Waals surface area contributed by atoms with Crippen LogP contribution in [0.15, 0.2) is 59.6 Å². The number of aliphatic imine (C=N–C) groups is 1. The minimum Gasteiger partial charge on any atom is -0.491 e. The highest BCUT2D eigenvalue weighted by atomic mass is 32.2. The van der Waals surface area contributed by atoms with E-state index in [2.05, 4.69) is 41.1 Å². The molecule has 2 N–H and O–H groups in total. The molecule has 39 heavy (non-hydrogen) atoms. The Bertz CT molecular complexity index is 1170. The van der Waals surface area contributed by atoms with Gasteiger partial charge in [-0.05, 0) is 56.0 Å². The monoisotopic (exact) mass is 561 g/mol. The van der Waals surface area contributed by atoms with Crippen LogP contribution in [0.25, 0.3) is 0 Å². The molecule has 0 amide bonds. The van der Waals surface area contributed by atoms with Gasteiger partial charge in [0.05, 0.1) is 12.3 Å². The Morgan fingerprint density at radius 2 is 1.79 bits per heavy atom. The lowest BCUT2D eigenvalue weighted by atomic mass is 10.0. The van der Waals surface area contributed by atoms with Crippen LogP contribution in [-0.2, 0) is 15.3 Å². The number of piperidine rings is 1. The normalized spacial score (nSPS) is 15.6. The summed E-state index contributed by atoms with van der Waals surface area (Å²) in [4.78, 5) is 28.8. The first-order valence-electron chi connectivity index (χ1n) is 12.7. The van der Waals surface area contributed by atoms with E-state index in [4.69, 9.17) is 19.9 Å². The molecule has 0 spiro atoms. The van der Waals surface area contributed by atoms with E-state index in [1.165, 1.54) is 17.7 Å². The van der Waals surface area contributed by atoms with E-state index in [9.17, 15) is 18.4 Å².